The zero-order valence-electron chi connectivity index (χ0n) is 11.7. The number of rotatable bonds is 6. The van der Waals surface area contributed by atoms with Crippen molar-refractivity contribution in [3.63, 3.8) is 0 Å². The smallest absolute Gasteiger partial charge is 0.306 e. The number of esters is 1. The van der Waals surface area contributed by atoms with E-state index < -0.39 is 0 Å². The van der Waals surface area contributed by atoms with Crippen molar-refractivity contribution in [1.29, 1.82) is 0 Å². The van der Waals surface area contributed by atoms with Crippen molar-refractivity contribution >= 4 is 17.6 Å². The summed E-state index contributed by atoms with van der Waals surface area (Å²) in [5.74, 6) is -0.233. The molecule has 0 saturated heterocycles. The monoisotopic (exact) mass is 303 g/mol. The minimum Gasteiger partial charge on any atom is -0.461 e. The Morgan fingerprint density at radius 2 is 1.76 bits per heavy atom. The number of hydrogen-bond acceptors (Lipinski definition) is 3. The summed E-state index contributed by atoms with van der Waals surface area (Å²) in [4.78, 5) is 11.7. The van der Waals surface area contributed by atoms with Gasteiger partial charge < -0.3 is 10.5 Å². The fourth-order valence-corrected chi connectivity index (χ4v) is 2.09. The van der Waals surface area contributed by atoms with Gasteiger partial charge in [-0.1, -0.05) is 54.1 Å². The van der Waals surface area contributed by atoms with Gasteiger partial charge in [-0.15, -0.1) is 0 Å². The zero-order valence-corrected chi connectivity index (χ0v) is 12.4. The lowest BCUT2D eigenvalue weighted by molar-refractivity contribution is -0.145. The van der Waals surface area contributed by atoms with Crippen LogP contribution in [0.2, 0.25) is 5.02 Å². The first-order valence-electron chi connectivity index (χ1n) is 6.86. The molecule has 0 fully saturated rings. The number of carbonyl (C=O) groups is 1. The van der Waals surface area contributed by atoms with E-state index in [1.54, 1.807) is 12.1 Å². The predicted molar refractivity (Wildman–Crippen MR) is 83.9 cm³/mol. The molecular formula is C17H18ClNO2. The van der Waals surface area contributed by atoms with Gasteiger partial charge in [-0.25, -0.2) is 0 Å². The summed E-state index contributed by atoms with van der Waals surface area (Å²) in [7, 11) is 0. The molecule has 0 bridgehead atoms. The van der Waals surface area contributed by atoms with Gasteiger partial charge in [0.15, 0.2) is 0 Å². The molecule has 0 aliphatic carbocycles. The quantitative estimate of drug-likeness (QED) is 0.824. The molecule has 2 N–H and O–H groups in total. The fourth-order valence-electron chi connectivity index (χ4n) is 1.96. The summed E-state index contributed by atoms with van der Waals surface area (Å²) >= 11 is 5.83. The molecule has 4 heteroatoms. The van der Waals surface area contributed by atoms with E-state index in [1.807, 2.05) is 42.5 Å². The average molecular weight is 304 g/mol. The van der Waals surface area contributed by atoms with Crippen LogP contribution in [0.25, 0.3) is 0 Å². The Bertz CT molecular complexity index is 569. The minimum absolute atomic E-state index is 0.188. The lowest BCUT2D eigenvalue weighted by atomic mass is 10.0. The topological polar surface area (TPSA) is 52.3 Å². The normalized spacial score (nSPS) is 11.9. The molecule has 3 nitrogen and oxygen atoms in total. The molecule has 2 rings (SSSR count). The van der Waals surface area contributed by atoms with E-state index in [4.69, 9.17) is 22.1 Å². The van der Waals surface area contributed by atoms with Crippen molar-refractivity contribution in [3.05, 3.63) is 70.7 Å². The SMILES string of the molecule is NC(CCC(=O)OCc1ccccc1)c1ccc(Cl)cc1. The Kier molecular flexibility index (Phi) is 5.78. The first-order chi connectivity index (χ1) is 10.1. The standard InChI is InChI=1S/C17H18ClNO2/c18-15-8-6-14(7-9-15)16(19)10-11-17(20)21-12-13-4-2-1-3-5-13/h1-9,16H,10-12,19H2. The van der Waals surface area contributed by atoms with Gasteiger partial charge >= 0.3 is 5.97 Å². The van der Waals surface area contributed by atoms with Gasteiger partial charge in [0.2, 0.25) is 0 Å². The largest absolute Gasteiger partial charge is 0.461 e. The van der Waals surface area contributed by atoms with E-state index in [0.717, 1.165) is 11.1 Å². The second kappa shape index (κ2) is 7.81. The van der Waals surface area contributed by atoms with Crippen molar-refractivity contribution in [1.82, 2.24) is 0 Å². The molecule has 0 radical (unpaired) electrons. The maximum absolute atomic E-state index is 11.7. The molecule has 0 aliphatic rings. The predicted octanol–water partition coefficient (Wildman–Crippen LogP) is 3.86. The van der Waals surface area contributed by atoms with Gasteiger partial charge in [0.25, 0.3) is 0 Å². The lowest BCUT2D eigenvalue weighted by Crippen LogP contribution is -2.13. The van der Waals surface area contributed by atoms with E-state index >= 15 is 0 Å². The molecule has 1 atom stereocenters. The van der Waals surface area contributed by atoms with Gasteiger partial charge in [0.05, 0.1) is 0 Å². The van der Waals surface area contributed by atoms with E-state index in [-0.39, 0.29) is 12.0 Å². The van der Waals surface area contributed by atoms with E-state index in [2.05, 4.69) is 0 Å². The second-order valence-corrected chi connectivity index (χ2v) is 5.28. The second-order valence-electron chi connectivity index (χ2n) is 4.84. The molecule has 0 spiro atoms. The number of benzene rings is 2. The van der Waals surface area contributed by atoms with Gasteiger partial charge in [-0.2, -0.15) is 0 Å². The third-order valence-electron chi connectivity index (χ3n) is 3.20. The first kappa shape index (κ1) is 15.5. The zero-order chi connectivity index (χ0) is 15.1. The number of nitrogens with two attached hydrogens (primary N) is 1. The highest BCUT2D eigenvalue weighted by Gasteiger charge is 2.10. The molecule has 0 aliphatic heterocycles. The molecule has 0 amide bonds. The number of carbonyl (C=O) groups excluding carboxylic acids is 1. The van der Waals surface area contributed by atoms with Gasteiger partial charge in [-0.3, -0.25) is 4.79 Å². The Labute approximate surface area is 129 Å². The van der Waals surface area contributed by atoms with Gasteiger partial charge in [0, 0.05) is 17.5 Å². The van der Waals surface area contributed by atoms with E-state index in [0.29, 0.717) is 24.5 Å². The molecule has 0 aromatic heterocycles. The first-order valence-corrected chi connectivity index (χ1v) is 7.23. The van der Waals surface area contributed by atoms with Crippen LogP contribution in [0.1, 0.15) is 30.0 Å². The third kappa shape index (κ3) is 5.21. The average Bonchev–Trinajstić information content (AvgIpc) is 2.52. The molecule has 21 heavy (non-hydrogen) atoms. The molecule has 0 heterocycles. The molecule has 2 aromatic carbocycles. The van der Waals surface area contributed by atoms with Gasteiger partial charge in [0.1, 0.15) is 6.61 Å². The van der Waals surface area contributed by atoms with Crippen LogP contribution < -0.4 is 5.73 Å². The Balaban J connectivity index is 1.74. The van der Waals surface area contributed by atoms with Crippen LogP contribution in [-0.2, 0) is 16.1 Å². The van der Waals surface area contributed by atoms with Crippen molar-refractivity contribution in [2.24, 2.45) is 5.73 Å². The maximum Gasteiger partial charge on any atom is 0.306 e. The Morgan fingerprint density at radius 1 is 1.10 bits per heavy atom. The van der Waals surface area contributed by atoms with Crippen molar-refractivity contribution in [3.8, 4) is 0 Å². The molecule has 1 unspecified atom stereocenters. The van der Waals surface area contributed by atoms with E-state index in [1.165, 1.54) is 0 Å². The summed E-state index contributed by atoms with van der Waals surface area (Å²) in [5.41, 5.74) is 8.00. The fraction of sp³-hybridized carbons (Fsp3) is 0.235. The van der Waals surface area contributed by atoms with Crippen molar-refractivity contribution < 1.29 is 9.53 Å². The van der Waals surface area contributed by atoms with Crippen LogP contribution in [-0.4, -0.2) is 5.97 Å². The van der Waals surface area contributed by atoms with Crippen LogP contribution in [0, 0.1) is 0 Å². The Morgan fingerprint density at radius 3 is 2.43 bits per heavy atom. The highest BCUT2D eigenvalue weighted by Crippen LogP contribution is 2.18. The summed E-state index contributed by atoms with van der Waals surface area (Å²) < 4.78 is 5.22. The van der Waals surface area contributed by atoms with E-state index in [9.17, 15) is 4.79 Å². The lowest BCUT2D eigenvalue weighted by Gasteiger charge is -2.12. The number of ether oxygens (including phenoxy) is 1. The highest BCUT2D eigenvalue weighted by molar-refractivity contribution is 6.30. The third-order valence-corrected chi connectivity index (χ3v) is 3.45. The summed E-state index contributed by atoms with van der Waals surface area (Å²) in [6, 6.07) is 16.8. The molecule has 0 saturated carbocycles. The maximum atomic E-state index is 11.7. The van der Waals surface area contributed by atoms with Crippen LogP contribution in [0.4, 0.5) is 0 Å². The minimum atomic E-state index is -0.233. The number of halogens is 1. The number of hydrogen-bond donors (Lipinski definition) is 1. The van der Waals surface area contributed by atoms with Crippen LogP contribution in [0.15, 0.2) is 54.6 Å². The summed E-state index contributed by atoms with van der Waals surface area (Å²) in [6.45, 7) is 0.301. The van der Waals surface area contributed by atoms with Gasteiger partial charge in [-0.05, 0) is 29.7 Å². The molecule has 2 aromatic rings. The molecular weight excluding hydrogens is 286 g/mol. The summed E-state index contributed by atoms with van der Waals surface area (Å²) in [6.07, 6.45) is 0.853. The van der Waals surface area contributed by atoms with Crippen LogP contribution >= 0.6 is 11.6 Å². The van der Waals surface area contributed by atoms with Crippen LogP contribution in [0.3, 0.4) is 0 Å². The summed E-state index contributed by atoms with van der Waals surface area (Å²) in [5, 5.41) is 0.674. The van der Waals surface area contributed by atoms with Crippen molar-refractivity contribution in [2.45, 2.75) is 25.5 Å². The highest BCUT2D eigenvalue weighted by atomic mass is 35.5. The Hall–Kier alpha value is -1.84. The van der Waals surface area contributed by atoms with Crippen molar-refractivity contribution in [2.75, 3.05) is 0 Å². The molecule has 110 valence electrons. The van der Waals surface area contributed by atoms with Crippen LogP contribution in [0.5, 0.6) is 0 Å².